The number of carbonyl (C=O) groups excluding carboxylic acids is 1. The molecule has 0 saturated heterocycles. The lowest BCUT2D eigenvalue weighted by molar-refractivity contribution is -0.396. The Hall–Kier alpha value is -1.96. The predicted molar refractivity (Wildman–Crippen MR) is 41.5 cm³/mol. The molecule has 0 atom stereocenters. The molecule has 8 heteroatoms. The average molecular weight is 185 g/mol. The van der Waals surface area contributed by atoms with Crippen molar-refractivity contribution in [1.29, 1.82) is 0 Å². The lowest BCUT2D eigenvalue weighted by Crippen LogP contribution is -2.31. The van der Waals surface area contributed by atoms with E-state index in [1.807, 2.05) is 5.43 Å². The molecule has 0 bridgehead atoms. The Balaban J connectivity index is 3.13. The minimum atomic E-state index is -0.687. The van der Waals surface area contributed by atoms with Gasteiger partial charge in [0.1, 0.15) is 0 Å². The molecule has 70 valence electrons. The number of nitrogens with two attached hydrogens (primary N) is 1. The number of rotatable bonds is 2. The Morgan fingerprint density at radius 2 is 2.46 bits per heavy atom. The van der Waals surface area contributed by atoms with Crippen LogP contribution in [0.25, 0.3) is 0 Å². The van der Waals surface area contributed by atoms with Crippen molar-refractivity contribution in [2.24, 2.45) is 12.9 Å². The van der Waals surface area contributed by atoms with Crippen LogP contribution in [-0.2, 0) is 7.05 Å². The van der Waals surface area contributed by atoms with Gasteiger partial charge < -0.3 is 10.1 Å². The SMILES string of the molecule is Cn1c(C(=O)NN)cnc1[N+](=O)[O-]. The number of carbonyl (C=O) groups is 1. The van der Waals surface area contributed by atoms with Gasteiger partial charge in [-0.15, -0.1) is 0 Å². The molecule has 1 aromatic heterocycles. The van der Waals surface area contributed by atoms with Gasteiger partial charge in [-0.1, -0.05) is 4.98 Å². The number of amides is 1. The molecule has 13 heavy (non-hydrogen) atoms. The summed E-state index contributed by atoms with van der Waals surface area (Å²) in [6.45, 7) is 0. The summed E-state index contributed by atoms with van der Waals surface area (Å²) in [5.74, 6) is 3.82. The van der Waals surface area contributed by atoms with Crippen molar-refractivity contribution in [2.75, 3.05) is 0 Å². The van der Waals surface area contributed by atoms with Crippen molar-refractivity contribution in [1.82, 2.24) is 15.0 Å². The Kier molecular flexibility index (Phi) is 2.24. The molecule has 1 rings (SSSR count). The number of nitrogens with one attached hydrogen (secondary N) is 1. The molecule has 0 spiro atoms. The maximum absolute atomic E-state index is 11.0. The first-order chi connectivity index (χ1) is 6.07. The smallest absolute Gasteiger partial charge is 0.390 e. The standard InChI is InChI=1S/C5H7N5O3/c1-9-3(4(11)8-6)2-7-5(9)10(12)13/h2H,6H2,1H3,(H,8,11). The second-order valence-corrected chi connectivity index (χ2v) is 2.23. The second-order valence-electron chi connectivity index (χ2n) is 2.23. The molecule has 0 unspecified atom stereocenters. The molecule has 1 amide bonds. The highest BCUT2D eigenvalue weighted by atomic mass is 16.6. The molecule has 8 nitrogen and oxygen atoms in total. The van der Waals surface area contributed by atoms with E-state index >= 15 is 0 Å². The van der Waals surface area contributed by atoms with Crippen LogP contribution in [-0.4, -0.2) is 20.4 Å². The molecule has 0 aliphatic carbocycles. The van der Waals surface area contributed by atoms with E-state index < -0.39 is 16.8 Å². The van der Waals surface area contributed by atoms with E-state index in [9.17, 15) is 14.9 Å². The largest absolute Gasteiger partial charge is 0.434 e. The highest BCUT2D eigenvalue weighted by molar-refractivity contribution is 5.92. The Morgan fingerprint density at radius 1 is 1.85 bits per heavy atom. The van der Waals surface area contributed by atoms with Gasteiger partial charge in [0.15, 0.2) is 6.20 Å². The van der Waals surface area contributed by atoms with Crippen molar-refractivity contribution in [3.63, 3.8) is 0 Å². The van der Waals surface area contributed by atoms with E-state index in [-0.39, 0.29) is 5.69 Å². The lowest BCUT2D eigenvalue weighted by atomic mass is 10.4. The van der Waals surface area contributed by atoms with Crippen molar-refractivity contribution in [2.45, 2.75) is 0 Å². The molecule has 0 radical (unpaired) electrons. The van der Waals surface area contributed by atoms with Crippen molar-refractivity contribution < 1.29 is 9.72 Å². The minimum Gasteiger partial charge on any atom is -0.390 e. The number of nitrogens with zero attached hydrogens (tertiary/aromatic N) is 3. The topological polar surface area (TPSA) is 116 Å². The van der Waals surface area contributed by atoms with Gasteiger partial charge in [-0.05, 0) is 4.92 Å². The third-order valence-corrected chi connectivity index (χ3v) is 1.49. The van der Waals surface area contributed by atoms with E-state index in [0.29, 0.717) is 0 Å². The molecule has 3 N–H and O–H groups in total. The van der Waals surface area contributed by atoms with Crippen molar-refractivity contribution in [3.8, 4) is 0 Å². The summed E-state index contributed by atoms with van der Waals surface area (Å²) in [7, 11) is 1.36. The summed E-state index contributed by atoms with van der Waals surface area (Å²) >= 11 is 0. The molecule has 0 aromatic carbocycles. The summed E-state index contributed by atoms with van der Waals surface area (Å²) in [5, 5.41) is 10.3. The van der Waals surface area contributed by atoms with E-state index in [4.69, 9.17) is 5.84 Å². The highest BCUT2D eigenvalue weighted by Gasteiger charge is 2.21. The maximum Gasteiger partial charge on any atom is 0.434 e. The van der Waals surface area contributed by atoms with E-state index in [2.05, 4.69) is 4.98 Å². The van der Waals surface area contributed by atoms with Gasteiger partial charge in [0.05, 0.1) is 7.05 Å². The van der Waals surface area contributed by atoms with Crippen molar-refractivity contribution in [3.05, 3.63) is 22.0 Å². The van der Waals surface area contributed by atoms with E-state index in [1.54, 1.807) is 0 Å². The molecular weight excluding hydrogens is 178 g/mol. The molecule has 1 heterocycles. The van der Waals surface area contributed by atoms with E-state index in [0.717, 1.165) is 10.8 Å². The van der Waals surface area contributed by atoms with Gasteiger partial charge in [0.25, 0.3) is 5.91 Å². The van der Waals surface area contributed by atoms with Crippen LogP contribution in [0.5, 0.6) is 0 Å². The highest BCUT2D eigenvalue weighted by Crippen LogP contribution is 2.09. The number of hydrogen-bond acceptors (Lipinski definition) is 5. The van der Waals surface area contributed by atoms with Crippen LogP contribution >= 0.6 is 0 Å². The molecule has 0 aliphatic heterocycles. The van der Waals surface area contributed by atoms with Crippen LogP contribution < -0.4 is 11.3 Å². The summed E-state index contributed by atoms with van der Waals surface area (Å²) in [5.41, 5.74) is 1.89. The second kappa shape index (κ2) is 3.19. The Labute approximate surface area is 72.5 Å². The zero-order valence-corrected chi connectivity index (χ0v) is 6.72. The summed E-state index contributed by atoms with van der Waals surface area (Å²) in [6, 6.07) is 0. The van der Waals surface area contributed by atoms with Crippen LogP contribution in [0.2, 0.25) is 0 Å². The van der Waals surface area contributed by atoms with Gasteiger partial charge in [0, 0.05) is 0 Å². The molecule has 0 saturated carbocycles. The number of nitro groups is 1. The summed E-state index contributed by atoms with van der Waals surface area (Å²) < 4.78 is 1.04. The molecule has 0 fully saturated rings. The van der Waals surface area contributed by atoms with Crippen LogP contribution in [0.3, 0.4) is 0 Å². The number of hydrazine groups is 1. The zero-order valence-electron chi connectivity index (χ0n) is 6.72. The monoisotopic (exact) mass is 185 g/mol. The summed E-state index contributed by atoms with van der Waals surface area (Å²) in [6.07, 6.45) is 1.08. The number of hydrogen-bond donors (Lipinski definition) is 2. The fourth-order valence-corrected chi connectivity index (χ4v) is 0.854. The third kappa shape index (κ3) is 1.47. The Morgan fingerprint density at radius 3 is 2.85 bits per heavy atom. The molecular formula is C5H7N5O3. The fraction of sp³-hybridized carbons (Fsp3) is 0.200. The normalized spacial score (nSPS) is 9.69. The quantitative estimate of drug-likeness (QED) is 0.263. The predicted octanol–water partition coefficient (Wildman–Crippen LogP) is -1.07. The van der Waals surface area contributed by atoms with E-state index in [1.165, 1.54) is 7.05 Å². The Bertz CT molecular complexity index is 357. The molecule has 0 aliphatic rings. The van der Waals surface area contributed by atoms with Gasteiger partial charge >= 0.3 is 5.95 Å². The molecule has 1 aromatic rings. The third-order valence-electron chi connectivity index (χ3n) is 1.49. The number of imidazole rings is 1. The van der Waals surface area contributed by atoms with Crippen LogP contribution in [0, 0.1) is 10.1 Å². The minimum absolute atomic E-state index is 0.0363. The van der Waals surface area contributed by atoms with Crippen LogP contribution in [0.4, 0.5) is 5.95 Å². The van der Waals surface area contributed by atoms with Crippen LogP contribution in [0.1, 0.15) is 10.5 Å². The average Bonchev–Trinajstić information content (AvgIpc) is 2.46. The van der Waals surface area contributed by atoms with Crippen molar-refractivity contribution >= 4 is 11.9 Å². The van der Waals surface area contributed by atoms with Gasteiger partial charge in [0.2, 0.25) is 5.69 Å². The van der Waals surface area contributed by atoms with Gasteiger partial charge in [-0.2, -0.15) is 0 Å². The van der Waals surface area contributed by atoms with Crippen LogP contribution in [0.15, 0.2) is 6.20 Å². The maximum atomic E-state index is 11.0. The van der Waals surface area contributed by atoms with Gasteiger partial charge in [-0.3, -0.25) is 10.2 Å². The zero-order chi connectivity index (χ0) is 10.0. The number of aromatic nitrogens is 2. The van der Waals surface area contributed by atoms with Gasteiger partial charge in [-0.25, -0.2) is 10.4 Å². The first-order valence-corrected chi connectivity index (χ1v) is 3.25. The lowest BCUT2D eigenvalue weighted by Gasteiger charge is -1.97. The first-order valence-electron chi connectivity index (χ1n) is 3.25. The number of nitrogen functional groups attached to an aromatic ring is 1. The first kappa shape index (κ1) is 9.13. The fourth-order valence-electron chi connectivity index (χ4n) is 0.854. The summed E-state index contributed by atoms with van der Waals surface area (Å²) in [4.78, 5) is 24.0.